The molecular weight excluding hydrogens is 393 g/mol. The van der Waals surface area contributed by atoms with Gasteiger partial charge in [-0.05, 0) is 37.1 Å². The average molecular weight is 416 g/mol. The summed E-state index contributed by atoms with van der Waals surface area (Å²) >= 11 is 0. The van der Waals surface area contributed by atoms with Crippen LogP contribution in [0.25, 0.3) is 0 Å². The molecule has 0 aliphatic rings. The van der Waals surface area contributed by atoms with Crippen LogP contribution in [0.1, 0.15) is 32.3 Å². The van der Waals surface area contributed by atoms with E-state index in [1.54, 1.807) is 6.07 Å². The van der Waals surface area contributed by atoms with Crippen molar-refractivity contribution in [2.45, 2.75) is 44.7 Å². The molecule has 0 spiro atoms. The largest absolute Gasteiger partial charge is 0.491 e. The molecule has 0 saturated heterocycles. The molecule has 1 aromatic carbocycles. The van der Waals surface area contributed by atoms with E-state index in [0.717, 1.165) is 12.8 Å². The fraction of sp³-hybridized carbons (Fsp3) is 0.421. The highest BCUT2D eigenvalue weighted by atomic mass is 32.2. The van der Waals surface area contributed by atoms with Crippen LogP contribution in [0.3, 0.4) is 0 Å². The maximum Gasteiger partial charge on any atom is 0.407 e. The van der Waals surface area contributed by atoms with Crippen LogP contribution in [0.15, 0.2) is 48.8 Å². The molecule has 2 aromatic rings. The number of rotatable bonds is 9. The number of hydrogen-bond acceptors (Lipinski definition) is 4. The first-order valence-corrected chi connectivity index (χ1v) is 10.4. The number of anilines is 1. The molecule has 9 heteroatoms. The Bertz CT molecular complexity index is 858. The normalized spacial score (nSPS) is 13.2. The van der Waals surface area contributed by atoms with Crippen molar-refractivity contribution in [1.29, 1.82) is 0 Å². The maximum atomic E-state index is 13.1. The first-order valence-electron chi connectivity index (χ1n) is 8.83. The van der Waals surface area contributed by atoms with Crippen LogP contribution in [0, 0.1) is 0 Å². The Morgan fingerprint density at radius 3 is 2.57 bits per heavy atom. The second-order valence-corrected chi connectivity index (χ2v) is 8.35. The predicted molar refractivity (Wildman–Crippen MR) is 102 cm³/mol. The molecule has 2 rings (SSSR count). The van der Waals surface area contributed by atoms with Crippen molar-refractivity contribution < 1.29 is 26.3 Å². The lowest BCUT2D eigenvalue weighted by Gasteiger charge is -2.26. The van der Waals surface area contributed by atoms with Gasteiger partial charge in [0.05, 0.1) is 17.5 Å². The summed E-state index contributed by atoms with van der Waals surface area (Å²) in [6.45, 7) is 2.22. The first kappa shape index (κ1) is 22.0. The molecule has 1 heterocycles. The summed E-state index contributed by atoms with van der Waals surface area (Å²) in [6, 6.07) is 8.74. The van der Waals surface area contributed by atoms with Gasteiger partial charge < -0.3 is 4.74 Å². The molecule has 0 radical (unpaired) electrons. The number of ether oxygens (including phenoxy) is 1. The van der Waals surface area contributed by atoms with Crippen molar-refractivity contribution in [3.05, 3.63) is 54.4 Å². The van der Waals surface area contributed by atoms with Crippen LogP contribution >= 0.6 is 0 Å². The van der Waals surface area contributed by atoms with E-state index in [1.165, 1.54) is 42.7 Å². The third-order valence-electron chi connectivity index (χ3n) is 3.87. The van der Waals surface area contributed by atoms with Gasteiger partial charge in [-0.25, -0.2) is 8.42 Å². The summed E-state index contributed by atoms with van der Waals surface area (Å²) in [6.07, 6.45) is -0.398. The number of pyridine rings is 1. The highest BCUT2D eigenvalue weighted by molar-refractivity contribution is 7.92. The van der Waals surface area contributed by atoms with Crippen LogP contribution in [-0.4, -0.2) is 32.2 Å². The van der Waals surface area contributed by atoms with Crippen molar-refractivity contribution in [3.8, 4) is 5.75 Å². The number of alkyl halides is 3. The van der Waals surface area contributed by atoms with Crippen molar-refractivity contribution in [1.82, 2.24) is 4.98 Å². The van der Waals surface area contributed by atoms with Crippen molar-refractivity contribution in [3.63, 3.8) is 0 Å². The van der Waals surface area contributed by atoms with Gasteiger partial charge in [-0.15, -0.1) is 0 Å². The minimum Gasteiger partial charge on any atom is -0.491 e. The molecule has 1 atom stereocenters. The van der Waals surface area contributed by atoms with E-state index in [-0.39, 0.29) is 11.8 Å². The Morgan fingerprint density at radius 2 is 1.96 bits per heavy atom. The smallest absolute Gasteiger partial charge is 0.407 e. The van der Waals surface area contributed by atoms with Gasteiger partial charge in [0.1, 0.15) is 12.3 Å². The second-order valence-electron chi connectivity index (χ2n) is 6.45. The minimum atomic E-state index is -4.70. The second kappa shape index (κ2) is 9.27. The molecule has 0 fully saturated rings. The molecule has 0 aliphatic heterocycles. The van der Waals surface area contributed by atoms with Gasteiger partial charge in [0.25, 0.3) is 0 Å². The Morgan fingerprint density at radius 1 is 1.21 bits per heavy atom. The fourth-order valence-corrected chi connectivity index (χ4v) is 4.22. The molecule has 0 saturated carbocycles. The van der Waals surface area contributed by atoms with E-state index in [0.29, 0.717) is 15.6 Å². The van der Waals surface area contributed by atoms with Crippen LogP contribution in [0.2, 0.25) is 0 Å². The molecule has 0 N–H and O–H groups in total. The van der Waals surface area contributed by atoms with E-state index in [4.69, 9.17) is 4.74 Å². The summed E-state index contributed by atoms with van der Waals surface area (Å²) in [5, 5.41) is 0. The number of benzene rings is 1. The Balaban J connectivity index is 2.35. The zero-order valence-electron chi connectivity index (χ0n) is 15.7. The molecule has 1 aromatic heterocycles. The highest BCUT2D eigenvalue weighted by Gasteiger charge is 2.36. The molecule has 0 amide bonds. The third-order valence-corrected chi connectivity index (χ3v) is 5.58. The van der Waals surface area contributed by atoms with Gasteiger partial charge in [-0.1, -0.05) is 25.5 Å². The topological polar surface area (TPSA) is 59.5 Å². The lowest BCUT2D eigenvalue weighted by molar-refractivity contribution is -0.117. The number of nitrogens with zero attached hydrogens (tertiary/aromatic N) is 2. The lowest BCUT2D eigenvalue weighted by Crippen LogP contribution is -2.39. The number of hydrogen-bond donors (Lipinski definition) is 0. The number of aromatic nitrogens is 1. The molecular formula is C19H23F3N2O3S. The van der Waals surface area contributed by atoms with Crippen LogP contribution in [0.5, 0.6) is 5.75 Å². The van der Waals surface area contributed by atoms with E-state index in [1.807, 2.05) is 13.8 Å². The fourth-order valence-electron chi connectivity index (χ4n) is 2.69. The third kappa shape index (κ3) is 6.70. The van der Waals surface area contributed by atoms with E-state index >= 15 is 0 Å². The zero-order valence-corrected chi connectivity index (χ0v) is 16.5. The van der Waals surface area contributed by atoms with Crippen LogP contribution in [-0.2, 0) is 15.8 Å². The van der Waals surface area contributed by atoms with E-state index in [2.05, 4.69) is 4.98 Å². The molecule has 0 aliphatic carbocycles. The molecule has 28 heavy (non-hydrogen) atoms. The van der Waals surface area contributed by atoms with Gasteiger partial charge in [-0.3, -0.25) is 9.29 Å². The zero-order chi connectivity index (χ0) is 20.8. The first-order chi connectivity index (χ1) is 13.1. The maximum absolute atomic E-state index is 13.1. The number of halogens is 3. The monoisotopic (exact) mass is 416 g/mol. The van der Waals surface area contributed by atoms with Gasteiger partial charge in [0, 0.05) is 18.5 Å². The standard InChI is InChI=1S/C19H23F3N2O3S/c1-3-6-15(2)27-18-9-4-8-17(11-18)24(14-19(20,21)22)28(25,26)13-16-7-5-10-23-12-16/h4-5,7-12,15H,3,6,13-14H2,1-2H3. The SMILES string of the molecule is CCCC(C)Oc1cccc(N(CC(F)(F)F)S(=O)(=O)Cc2cccnc2)c1. The predicted octanol–water partition coefficient (Wildman–Crippen LogP) is 4.55. The van der Waals surface area contributed by atoms with Gasteiger partial charge in [0.15, 0.2) is 0 Å². The lowest BCUT2D eigenvalue weighted by atomic mass is 10.2. The Labute approximate surface area is 163 Å². The number of sulfonamides is 1. The van der Waals surface area contributed by atoms with Gasteiger partial charge in [0.2, 0.25) is 10.0 Å². The summed E-state index contributed by atoms with van der Waals surface area (Å²) < 4.78 is 71.0. The summed E-state index contributed by atoms with van der Waals surface area (Å²) in [5.74, 6) is -0.268. The average Bonchev–Trinajstić information content (AvgIpc) is 2.60. The van der Waals surface area contributed by atoms with Gasteiger partial charge in [-0.2, -0.15) is 13.2 Å². The Hall–Kier alpha value is -2.29. The summed E-state index contributed by atoms with van der Waals surface area (Å²) in [7, 11) is -4.30. The van der Waals surface area contributed by atoms with Crippen molar-refractivity contribution in [2.75, 3.05) is 10.8 Å². The summed E-state index contributed by atoms with van der Waals surface area (Å²) in [5.41, 5.74) is 0.209. The molecule has 0 bridgehead atoms. The van der Waals surface area contributed by atoms with Crippen molar-refractivity contribution in [2.24, 2.45) is 0 Å². The molecule has 154 valence electrons. The molecule has 5 nitrogen and oxygen atoms in total. The van der Waals surface area contributed by atoms with Crippen LogP contribution in [0.4, 0.5) is 18.9 Å². The van der Waals surface area contributed by atoms with Crippen LogP contribution < -0.4 is 9.04 Å². The highest BCUT2D eigenvalue weighted by Crippen LogP contribution is 2.29. The summed E-state index contributed by atoms with van der Waals surface area (Å²) in [4.78, 5) is 3.81. The quantitative estimate of drug-likeness (QED) is 0.602. The molecule has 1 unspecified atom stereocenters. The van der Waals surface area contributed by atoms with E-state index in [9.17, 15) is 21.6 Å². The Kier molecular flexibility index (Phi) is 7.29. The van der Waals surface area contributed by atoms with Gasteiger partial charge >= 0.3 is 6.18 Å². The minimum absolute atomic E-state index is 0.0950. The van der Waals surface area contributed by atoms with Crippen molar-refractivity contribution >= 4 is 15.7 Å². The van der Waals surface area contributed by atoms with E-state index < -0.39 is 28.5 Å².